The number of likely N-dealkylation sites (N-methyl/N-ethyl adjacent to an activating group) is 1. The number of halogens is 1. The van der Waals surface area contributed by atoms with Gasteiger partial charge in [0.25, 0.3) is 0 Å². The molecule has 0 aliphatic heterocycles. The first-order valence-electron chi connectivity index (χ1n) is 9.19. The van der Waals surface area contributed by atoms with E-state index < -0.39 is 0 Å². The molecule has 0 aromatic heterocycles. The van der Waals surface area contributed by atoms with Gasteiger partial charge < -0.3 is 4.90 Å². The van der Waals surface area contributed by atoms with E-state index in [1.807, 2.05) is 0 Å². The summed E-state index contributed by atoms with van der Waals surface area (Å²) in [5.74, 6) is 0. The van der Waals surface area contributed by atoms with Crippen LogP contribution in [0.15, 0.2) is 78.4 Å². The largest absolute Gasteiger partial charge is 0.378 e. The van der Waals surface area contributed by atoms with Crippen LogP contribution >= 0.6 is 15.9 Å². The predicted molar refractivity (Wildman–Crippen MR) is 122 cm³/mol. The molecule has 0 saturated heterocycles. The summed E-state index contributed by atoms with van der Waals surface area (Å²) >= 11 is 3.54. The molecule has 0 saturated carbocycles. The van der Waals surface area contributed by atoms with Gasteiger partial charge in [-0.05, 0) is 54.1 Å². The third-order valence-electron chi connectivity index (χ3n) is 4.90. The lowest BCUT2D eigenvalue weighted by molar-refractivity contribution is 0.390. The van der Waals surface area contributed by atoms with Crippen LogP contribution < -0.4 is 4.90 Å². The van der Waals surface area contributed by atoms with Crippen molar-refractivity contribution in [2.24, 2.45) is 0 Å². The normalized spacial score (nSPS) is 16.1. The molecule has 0 unspecified atom stereocenters. The Morgan fingerprint density at radius 3 is 1.78 bits per heavy atom. The fourth-order valence-corrected chi connectivity index (χ4v) is 3.60. The number of alkyl halides is 1. The molecule has 27 heavy (non-hydrogen) atoms. The SMILES string of the molecule is CN(C)c1ccc(C(=C2C=CC(N(C)C)C=C2)c2ccc(CBr)cc2)cc1. The number of hydrogen-bond donors (Lipinski definition) is 0. The zero-order valence-electron chi connectivity index (χ0n) is 16.5. The van der Waals surface area contributed by atoms with Crippen molar-refractivity contribution < 1.29 is 0 Å². The lowest BCUT2D eigenvalue weighted by Gasteiger charge is -2.22. The predicted octanol–water partition coefficient (Wildman–Crippen LogP) is 5.51. The van der Waals surface area contributed by atoms with E-state index in [9.17, 15) is 0 Å². The average Bonchev–Trinajstić information content (AvgIpc) is 2.69. The van der Waals surface area contributed by atoms with Gasteiger partial charge >= 0.3 is 0 Å². The first kappa shape index (κ1) is 19.7. The van der Waals surface area contributed by atoms with Crippen molar-refractivity contribution in [2.75, 3.05) is 33.1 Å². The summed E-state index contributed by atoms with van der Waals surface area (Å²) in [6.45, 7) is 0. The van der Waals surface area contributed by atoms with Gasteiger partial charge in [-0.25, -0.2) is 0 Å². The van der Waals surface area contributed by atoms with Crippen molar-refractivity contribution >= 4 is 27.2 Å². The summed E-state index contributed by atoms with van der Waals surface area (Å²) in [6.07, 6.45) is 9.02. The van der Waals surface area contributed by atoms with Crippen LogP contribution in [0.25, 0.3) is 5.57 Å². The van der Waals surface area contributed by atoms with Crippen molar-refractivity contribution in [3.8, 4) is 0 Å². The smallest absolute Gasteiger partial charge is 0.0462 e. The highest BCUT2D eigenvalue weighted by Gasteiger charge is 2.14. The molecule has 3 heteroatoms. The molecular weight excluding hydrogens is 396 g/mol. The highest BCUT2D eigenvalue weighted by atomic mass is 79.9. The maximum Gasteiger partial charge on any atom is 0.0462 e. The minimum atomic E-state index is 0.349. The summed E-state index contributed by atoms with van der Waals surface area (Å²) in [4.78, 5) is 4.34. The Bertz CT molecular complexity index is 840. The Balaban J connectivity index is 2.08. The van der Waals surface area contributed by atoms with Crippen LogP contribution in [-0.4, -0.2) is 39.1 Å². The highest BCUT2D eigenvalue weighted by Crippen LogP contribution is 2.31. The molecule has 0 fully saturated rings. The molecule has 0 spiro atoms. The summed E-state index contributed by atoms with van der Waals surface area (Å²) in [7, 11) is 8.35. The van der Waals surface area contributed by atoms with Gasteiger partial charge in [0.05, 0.1) is 0 Å². The molecule has 0 radical (unpaired) electrons. The van der Waals surface area contributed by atoms with E-state index in [2.05, 4.69) is 127 Å². The topological polar surface area (TPSA) is 6.48 Å². The van der Waals surface area contributed by atoms with E-state index in [4.69, 9.17) is 0 Å². The molecule has 0 N–H and O–H groups in total. The van der Waals surface area contributed by atoms with Crippen molar-refractivity contribution in [3.05, 3.63) is 95.1 Å². The van der Waals surface area contributed by atoms with E-state index in [0.717, 1.165) is 5.33 Å². The second-order valence-electron chi connectivity index (χ2n) is 7.27. The number of allylic oxidation sites excluding steroid dienone is 3. The van der Waals surface area contributed by atoms with Crippen LogP contribution in [0.4, 0.5) is 5.69 Å². The number of hydrogen-bond acceptors (Lipinski definition) is 2. The lowest BCUT2D eigenvalue weighted by Crippen LogP contribution is -2.24. The van der Waals surface area contributed by atoms with Crippen molar-refractivity contribution in [1.82, 2.24) is 4.90 Å². The Morgan fingerprint density at radius 1 is 0.815 bits per heavy atom. The Kier molecular flexibility index (Phi) is 6.35. The maximum atomic E-state index is 3.54. The zero-order valence-corrected chi connectivity index (χ0v) is 18.1. The monoisotopic (exact) mass is 422 g/mol. The van der Waals surface area contributed by atoms with Crippen molar-refractivity contribution in [1.29, 1.82) is 0 Å². The number of benzene rings is 2. The van der Waals surface area contributed by atoms with Crippen LogP contribution in [0.1, 0.15) is 16.7 Å². The molecule has 2 nitrogen and oxygen atoms in total. The number of anilines is 1. The van der Waals surface area contributed by atoms with Gasteiger partial charge in [0.15, 0.2) is 0 Å². The molecule has 2 aromatic carbocycles. The van der Waals surface area contributed by atoms with E-state index >= 15 is 0 Å². The summed E-state index contributed by atoms with van der Waals surface area (Å²) < 4.78 is 0. The van der Waals surface area contributed by atoms with Gasteiger partial charge in [-0.1, -0.05) is 76.6 Å². The average molecular weight is 423 g/mol. The first-order chi connectivity index (χ1) is 13.0. The minimum Gasteiger partial charge on any atom is -0.378 e. The van der Waals surface area contributed by atoms with Crippen LogP contribution in [-0.2, 0) is 5.33 Å². The lowest BCUT2D eigenvalue weighted by atomic mass is 9.90. The third-order valence-corrected chi connectivity index (χ3v) is 5.55. The standard InChI is InChI=1S/C24H27BrN2/c1-26(2)22-13-9-20(10-14-22)24(19-7-5-18(17-25)6-8-19)21-11-15-23(16-12-21)27(3)4/h5-16,22H,17H2,1-4H3. The van der Waals surface area contributed by atoms with Gasteiger partial charge in [-0.2, -0.15) is 0 Å². The maximum absolute atomic E-state index is 3.54. The van der Waals surface area contributed by atoms with Gasteiger partial charge in [0.1, 0.15) is 0 Å². The summed E-state index contributed by atoms with van der Waals surface area (Å²) in [5, 5.41) is 0.876. The molecule has 3 rings (SSSR count). The molecule has 2 aromatic rings. The summed E-state index contributed by atoms with van der Waals surface area (Å²) in [6, 6.07) is 18.0. The highest BCUT2D eigenvalue weighted by molar-refractivity contribution is 9.08. The van der Waals surface area contributed by atoms with Gasteiger partial charge in [0, 0.05) is 31.2 Å². The first-order valence-corrected chi connectivity index (χ1v) is 10.3. The Hall–Kier alpha value is -2.10. The summed E-state index contributed by atoms with van der Waals surface area (Å²) in [5.41, 5.74) is 7.49. The fourth-order valence-electron chi connectivity index (χ4n) is 3.22. The Morgan fingerprint density at radius 2 is 1.33 bits per heavy atom. The van der Waals surface area contributed by atoms with Crippen LogP contribution in [0.5, 0.6) is 0 Å². The zero-order chi connectivity index (χ0) is 19.4. The molecule has 0 bridgehead atoms. The van der Waals surface area contributed by atoms with Gasteiger partial charge in [-0.3, -0.25) is 4.90 Å². The van der Waals surface area contributed by atoms with E-state index in [1.54, 1.807) is 0 Å². The van der Waals surface area contributed by atoms with Gasteiger partial charge in [0.2, 0.25) is 0 Å². The Labute approximate surface area is 171 Å². The van der Waals surface area contributed by atoms with Crippen LogP contribution in [0, 0.1) is 0 Å². The van der Waals surface area contributed by atoms with Crippen LogP contribution in [0.3, 0.4) is 0 Å². The quantitative estimate of drug-likeness (QED) is 0.586. The van der Waals surface area contributed by atoms with Crippen molar-refractivity contribution in [3.63, 3.8) is 0 Å². The number of rotatable bonds is 5. The molecule has 0 heterocycles. The molecule has 0 amide bonds. The van der Waals surface area contributed by atoms with Gasteiger partial charge in [-0.15, -0.1) is 0 Å². The van der Waals surface area contributed by atoms with Crippen molar-refractivity contribution in [2.45, 2.75) is 11.4 Å². The molecular formula is C24H27BrN2. The second kappa shape index (κ2) is 8.73. The minimum absolute atomic E-state index is 0.349. The van der Waals surface area contributed by atoms with E-state index in [0.29, 0.717) is 6.04 Å². The number of nitrogens with zero attached hydrogens (tertiary/aromatic N) is 2. The van der Waals surface area contributed by atoms with E-state index in [1.165, 1.54) is 33.5 Å². The van der Waals surface area contributed by atoms with Crippen LogP contribution in [0.2, 0.25) is 0 Å². The fraction of sp³-hybridized carbons (Fsp3) is 0.250. The molecule has 1 aliphatic rings. The van der Waals surface area contributed by atoms with E-state index in [-0.39, 0.29) is 0 Å². The second-order valence-corrected chi connectivity index (χ2v) is 7.84. The molecule has 1 aliphatic carbocycles. The molecule has 140 valence electrons. The molecule has 0 atom stereocenters. The third kappa shape index (κ3) is 4.60.